The van der Waals surface area contributed by atoms with Crippen LogP contribution in [-0.4, -0.2) is 22.8 Å². The summed E-state index contributed by atoms with van der Waals surface area (Å²) < 4.78 is 47.5. The Balaban J connectivity index is 1.93. The van der Waals surface area contributed by atoms with Crippen LogP contribution in [0.1, 0.15) is 22.3 Å². The van der Waals surface area contributed by atoms with Crippen molar-refractivity contribution >= 4 is 29.2 Å². The van der Waals surface area contributed by atoms with Crippen LogP contribution >= 0.6 is 23.2 Å². The molecule has 0 spiro atoms. The van der Waals surface area contributed by atoms with E-state index in [2.05, 4.69) is 0 Å². The molecule has 0 bridgehead atoms. The third kappa shape index (κ3) is 5.24. The maximum absolute atomic E-state index is 15.1. The average Bonchev–Trinajstić information content (AvgIpc) is 2.72. The summed E-state index contributed by atoms with van der Waals surface area (Å²) in [5, 5.41) is 18.3. The lowest BCUT2D eigenvalue weighted by molar-refractivity contribution is -0.139. The van der Waals surface area contributed by atoms with Crippen LogP contribution in [0.4, 0.5) is 13.2 Å². The summed E-state index contributed by atoms with van der Waals surface area (Å²) in [6.07, 6.45) is -0.195. The van der Waals surface area contributed by atoms with Gasteiger partial charge >= 0.3 is 5.97 Å². The zero-order chi connectivity index (χ0) is 22.7. The molecule has 4 nitrogen and oxygen atoms in total. The van der Waals surface area contributed by atoms with Gasteiger partial charge in [-0.25, -0.2) is 18.0 Å². The van der Waals surface area contributed by atoms with Gasteiger partial charge in [0.15, 0.2) is 18.2 Å². The smallest absolute Gasteiger partial charge is 0.341 e. The van der Waals surface area contributed by atoms with Gasteiger partial charge in [0.1, 0.15) is 17.4 Å². The van der Waals surface area contributed by atoms with Crippen molar-refractivity contribution in [2.45, 2.75) is 12.8 Å². The number of halogens is 5. The van der Waals surface area contributed by atoms with Crippen molar-refractivity contribution in [3.63, 3.8) is 0 Å². The van der Waals surface area contributed by atoms with Gasteiger partial charge in [-0.2, -0.15) is 0 Å². The maximum atomic E-state index is 15.1. The minimum atomic E-state index is -1.31. The van der Waals surface area contributed by atoms with E-state index in [-0.39, 0.29) is 40.3 Å². The molecule has 0 aromatic heterocycles. The second-order valence-electron chi connectivity index (χ2n) is 6.66. The maximum Gasteiger partial charge on any atom is 0.341 e. The van der Waals surface area contributed by atoms with E-state index in [1.165, 1.54) is 36.4 Å². The van der Waals surface area contributed by atoms with Crippen molar-refractivity contribution < 1.29 is 32.9 Å². The Labute approximate surface area is 185 Å². The highest BCUT2D eigenvalue weighted by Crippen LogP contribution is 2.37. The van der Waals surface area contributed by atoms with Gasteiger partial charge in [0.25, 0.3) is 0 Å². The second-order valence-corrected chi connectivity index (χ2v) is 7.45. The van der Waals surface area contributed by atoms with E-state index < -0.39 is 40.8 Å². The lowest BCUT2D eigenvalue weighted by Gasteiger charge is -2.15. The molecule has 0 radical (unpaired) electrons. The number of carbonyl (C=O) groups is 1. The first kappa shape index (κ1) is 22.8. The van der Waals surface area contributed by atoms with Crippen LogP contribution in [-0.2, 0) is 17.6 Å². The first-order valence-corrected chi connectivity index (χ1v) is 9.67. The molecule has 0 amide bonds. The topological polar surface area (TPSA) is 66.8 Å². The van der Waals surface area contributed by atoms with Crippen molar-refractivity contribution in [1.29, 1.82) is 0 Å². The van der Waals surface area contributed by atoms with Crippen molar-refractivity contribution in [2.24, 2.45) is 0 Å². The molecule has 0 saturated heterocycles. The zero-order valence-corrected chi connectivity index (χ0v) is 17.3. The van der Waals surface area contributed by atoms with Crippen LogP contribution in [0.15, 0.2) is 42.5 Å². The van der Waals surface area contributed by atoms with E-state index in [1.807, 2.05) is 0 Å². The summed E-state index contributed by atoms with van der Waals surface area (Å²) >= 11 is 12.2. The molecule has 0 aliphatic carbocycles. The molecule has 0 aliphatic rings. The number of benzene rings is 3. The number of phenols is 1. The third-order valence-corrected chi connectivity index (χ3v) is 5.26. The van der Waals surface area contributed by atoms with Crippen molar-refractivity contribution in [1.82, 2.24) is 0 Å². The van der Waals surface area contributed by atoms with Gasteiger partial charge in [-0.05, 0) is 34.9 Å². The van der Waals surface area contributed by atoms with Gasteiger partial charge in [0.2, 0.25) is 0 Å². The summed E-state index contributed by atoms with van der Waals surface area (Å²) in [4.78, 5) is 10.6. The number of aromatic hydroxyl groups is 1. The number of rotatable bonds is 7. The Kier molecular flexibility index (Phi) is 6.97. The van der Waals surface area contributed by atoms with Gasteiger partial charge in [-0.3, -0.25) is 0 Å². The summed E-state index contributed by atoms with van der Waals surface area (Å²) in [6.45, 7) is -0.789. The molecule has 9 heteroatoms. The lowest BCUT2D eigenvalue weighted by Crippen LogP contribution is -2.11. The largest absolute Gasteiger partial charge is 0.508 e. The Morgan fingerprint density at radius 2 is 1.61 bits per heavy atom. The Morgan fingerprint density at radius 3 is 2.26 bits per heavy atom. The summed E-state index contributed by atoms with van der Waals surface area (Å²) in [7, 11) is 0. The van der Waals surface area contributed by atoms with Crippen LogP contribution in [0.2, 0.25) is 10.0 Å². The molecule has 3 aromatic carbocycles. The molecular formula is C22H15Cl2F3O4. The predicted molar refractivity (Wildman–Crippen MR) is 110 cm³/mol. The van der Waals surface area contributed by atoms with Gasteiger partial charge < -0.3 is 14.9 Å². The molecule has 3 aromatic rings. The van der Waals surface area contributed by atoms with Crippen LogP contribution in [0, 0.1) is 17.5 Å². The summed E-state index contributed by atoms with van der Waals surface area (Å²) in [5.74, 6) is -4.23. The van der Waals surface area contributed by atoms with E-state index in [0.717, 1.165) is 6.07 Å². The van der Waals surface area contributed by atoms with E-state index in [1.54, 1.807) is 0 Å². The van der Waals surface area contributed by atoms with Crippen molar-refractivity contribution in [3.05, 3.63) is 92.2 Å². The van der Waals surface area contributed by atoms with Gasteiger partial charge in [0.05, 0.1) is 5.02 Å². The molecule has 31 heavy (non-hydrogen) atoms. The minimum Gasteiger partial charge on any atom is -0.508 e. The highest BCUT2D eigenvalue weighted by Gasteiger charge is 2.21. The number of aliphatic carboxylic acids is 1. The van der Waals surface area contributed by atoms with Gasteiger partial charge in [0, 0.05) is 29.5 Å². The third-order valence-electron chi connectivity index (χ3n) is 4.53. The number of phenolic OH excluding ortho intramolecular Hbond substituents is 1. The Bertz CT molecular complexity index is 1130. The van der Waals surface area contributed by atoms with E-state index in [0.29, 0.717) is 5.56 Å². The number of hydrogen-bond acceptors (Lipinski definition) is 3. The molecule has 0 fully saturated rings. The first-order valence-electron chi connectivity index (χ1n) is 8.92. The predicted octanol–water partition coefficient (Wildman–Crippen LogP) is 5.76. The second kappa shape index (κ2) is 9.49. The number of carboxylic acid groups (broad SMARTS) is 1. The van der Waals surface area contributed by atoms with E-state index in [9.17, 15) is 18.7 Å². The Morgan fingerprint density at radius 1 is 0.935 bits per heavy atom. The zero-order valence-electron chi connectivity index (χ0n) is 15.8. The number of carboxylic acids is 1. The summed E-state index contributed by atoms with van der Waals surface area (Å²) in [5.41, 5.74) is 0.728. The molecule has 162 valence electrons. The molecule has 3 rings (SSSR count). The molecule has 0 unspecified atom stereocenters. The van der Waals surface area contributed by atoms with Crippen LogP contribution in [0.5, 0.6) is 11.5 Å². The normalized spacial score (nSPS) is 10.9. The highest BCUT2D eigenvalue weighted by atomic mass is 35.5. The lowest BCUT2D eigenvalue weighted by atomic mass is 9.97. The summed E-state index contributed by atoms with van der Waals surface area (Å²) in [6, 6.07) is 9.07. The van der Waals surface area contributed by atoms with Gasteiger partial charge in [-0.1, -0.05) is 41.4 Å². The SMILES string of the molecule is O=C(O)COc1cc(Cl)c(Cc2ccc(O)c(Cc3ccc(F)cc3)c2F)c(Cl)c1F. The van der Waals surface area contributed by atoms with Crippen molar-refractivity contribution in [2.75, 3.05) is 6.61 Å². The molecule has 2 N–H and O–H groups in total. The minimum absolute atomic E-state index is 0.00355. The van der Waals surface area contributed by atoms with Crippen LogP contribution in [0.3, 0.4) is 0 Å². The van der Waals surface area contributed by atoms with Gasteiger partial charge in [-0.15, -0.1) is 0 Å². The molecular weight excluding hydrogens is 456 g/mol. The number of hydrogen-bond donors (Lipinski definition) is 2. The number of ether oxygens (including phenoxy) is 1. The molecule has 0 heterocycles. The highest BCUT2D eigenvalue weighted by molar-refractivity contribution is 6.36. The monoisotopic (exact) mass is 470 g/mol. The van der Waals surface area contributed by atoms with E-state index >= 15 is 4.39 Å². The molecule has 0 aliphatic heterocycles. The fraction of sp³-hybridized carbons (Fsp3) is 0.136. The first-order chi connectivity index (χ1) is 14.7. The van der Waals surface area contributed by atoms with Crippen LogP contribution < -0.4 is 4.74 Å². The van der Waals surface area contributed by atoms with E-state index in [4.69, 9.17) is 33.0 Å². The fourth-order valence-electron chi connectivity index (χ4n) is 2.98. The Hall–Kier alpha value is -2.90. The molecule has 0 saturated carbocycles. The van der Waals surface area contributed by atoms with Crippen LogP contribution in [0.25, 0.3) is 0 Å². The average molecular weight is 471 g/mol. The van der Waals surface area contributed by atoms with Crippen molar-refractivity contribution in [3.8, 4) is 11.5 Å². The standard InChI is InChI=1S/C22H15Cl2F3O4/c23-16-9-18(31-10-19(29)30)22(27)20(24)14(16)8-12-3-6-17(28)15(21(12)26)7-11-1-4-13(25)5-2-11/h1-6,9,28H,7-8,10H2,(H,29,30). The quantitative estimate of drug-likeness (QED) is 0.430. The molecule has 0 atom stereocenters. The fourth-order valence-corrected chi connectivity index (χ4v) is 3.55.